The van der Waals surface area contributed by atoms with E-state index in [0.717, 1.165) is 57.8 Å². The predicted molar refractivity (Wildman–Crippen MR) is 337 cm³/mol. The van der Waals surface area contributed by atoms with Crippen LogP contribution in [0.1, 0.15) is 335 Å². The summed E-state index contributed by atoms with van der Waals surface area (Å²) < 4.78 is 30.8. The third-order valence-electron chi connectivity index (χ3n) is 15.3. The molecule has 2 N–H and O–H groups in total. The van der Waals surface area contributed by atoms with E-state index in [-0.39, 0.29) is 31.5 Å². The number of nitrogens with zero attached hydrogens (tertiary/aromatic N) is 1. The highest BCUT2D eigenvalue weighted by Gasteiger charge is 2.30. The molecule has 78 heavy (non-hydrogen) atoms. The van der Waals surface area contributed by atoms with Crippen molar-refractivity contribution in [3.63, 3.8) is 0 Å². The molecule has 0 saturated carbocycles. The molecular formula is C68H132N2O7P+. The van der Waals surface area contributed by atoms with Crippen molar-refractivity contribution in [2.45, 2.75) is 348 Å². The Morgan fingerprint density at radius 3 is 1.09 bits per heavy atom. The van der Waals surface area contributed by atoms with Gasteiger partial charge in [-0.3, -0.25) is 18.6 Å². The third kappa shape index (κ3) is 58.9. The number of esters is 1. The highest BCUT2D eigenvalue weighted by Crippen LogP contribution is 2.43. The van der Waals surface area contributed by atoms with Crippen molar-refractivity contribution >= 4 is 19.7 Å². The van der Waals surface area contributed by atoms with Crippen LogP contribution < -0.4 is 5.32 Å². The molecule has 0 bridgehead atoms. The van der Waals surface area contributed by atoms with Gasteiger partial charge in [-0.15, -0.1) is 0 Å². The van der Waals surface area contributed by atoms with Gasteiger partial charge < -0.3 is 19.4 Å². The van der Waals surface area contributed by atoms with E-state index < -0.39 is 20.0 Å². The van der Waals surface area contributed by atoms with Crippen LogP contribution in [0, 0.1) is 0 Å². The zero-order valence-electron chi connectivity index (χ0n) is 52.7. The van der Waals surface area contributed by atoms with E-state index in [0.29, 0.717) is 17.4 Å². The number of rotatable bonds is 62. The van der Waals surface area contributed by atoms with Gasteiger partial charge in [0, 0.05) is 12.8 Å². The minimum absolute atomic E-state index is 0.0417. The zero-order valence-corrected chi connectivity index (χ0v) is 53.6. The van der Waals surface area contributed by atoms with Crippen LogP contribution in [0.4, 0.5) is 0 Å². The Morgan fingerprint density at radius 2 is 0.744 bits per heavy atom. The average Bonchev–Trinajstić information content (AvgIpc) is 3.40. The first-order valence-electron chi connectivity index (χ1n) is 33.8. The van der Waals surface area contributed by atoms with Crippen LogP contribution in [0.25, 0.3) is 0 Å². The number of ether oxygens (including phenoxy) is 1. The molecule has 0 fully saturated rings. The van der Waals surface area contributed by atoms with E-state index in [2.05, 4.69) is 50.4 Å². The Bertz CT molecular complexity index is 1430. The average molecular weight is 1120 g/mol. The Kier molecular flexibility index (Phi) is 57.1. The highest BCUT2D eigenvalue weighted by atomic mass is 31.2. The van der Waals surface area contributed by atoms with Crippen molar-refractivity contribution in [3.8, 4) is 0 Å². The molecule has 0 heterocycles. The van der Waals surface area contributed by atoms with E-state index in [9.17, 15) is 19.0 Å². The number of unbranched alkanes of at least 4 members (excludes halogenated alkanes) is 42. The summed E-state index contributed by atoms with van der Waals surface area (Å²) in [7, 11) is 1.51. The Balaban J connectivity index is 5.11. The number of allylic oxidation sites excluding steroid dienone is 5. The minimum atomic E-state index is -4.45. The molecular weight excluding hydrogens is 988 g/mol. The van der Waals surface area contributed by atoms with Crippen LogP contribution in [0.3, 0.4) is 0 Å². The lowest BCUT2D eigenvalue weighted by atomic mass is 10.0. The molecule has 0 aromatic rings. The number of phosphoric acid groups is 1. The van der Waals surface area contributed by atoms with Gasteiger partial charge in [-0.25, -0.2) is 4.57 Å². The lowest BCUT2D eigenvalue weighted by Crippen LogP contribution is -2.47. The first-order chi connectivity index (χ1) is 37.9. The number of nitrogens with one attached hydrogen (secondary N) is 1. The van der Waals surface area contributed by atoms with Gasteiger partial charge in [-0.2, -0.15) is 0 Å². The van der Waals surface area contributed by atoms with Crippen molar-refractivity contribution < 1.29 is 37.3 Å². The maximum atomic E-state index is 13.6. The number of carbonyl (C=O) groups excluding carboxylic acids is 2. The van der Waals surface area contributed by atoms with Gasteiger partial charge in [0.25, 0.3) is 0 Å². The Labute approximate surface area is 485 Å². The zero-order chi connectivity index (χ0) is 57.2. The number of phosphoric ester groups is 1. The van der Waals surface area contributed by atoms with Crippen LogP contribution in [0.5, 0.6) is 0 Å². The molecule has 0 radical (unpaired) electrons. The summed E-state index contributed by atoms with van der Waals surface area (Å²) in [6.07, 6.45) is 71.5. The molecule has 0 saturated heterocycles. The predicted octanol–water partition coefficient (Wildman–Crippen LogP) is 21.1. The molecule has 3 unspecified atom stereocenters. The van der Waals surface area contributed by atoms with E-state index in [4.69, 9.17) is 13.8 Å². The van der Waals surface area contributed by atoms with Gasteiger partial charge in [-0.1, -0.05) is 276 Å². The number of likely N-dealkylation sites (N-methyl/N-ethyl adjacent to an activating group) is 1. The third-order valence-corrected chi connectivity index (χ3v) is 16.3. The minimum Gasteiger partial charge on any atom is -0.456 e. The van der Waals surface area contributed by atoms with Gasteiger partial charge in [-0.05, 0) is 83.1 Å². The molecule has 3 atom stereocenters. The summed E-state index contributed by atoms with van der Waals surface area (Å²) in [6.45, 7) is 7.05. The topological polar surface area (TPSA) is 111 Å². The van der Waals surface area contributed by atoms with Crippen molar-refractivity contribution in [3.05, 3.63) is 36.5 Å². The van der Waals surface area contributed by atoms with Gasteiger partial charge >= 0.3 is 13.8 Å². The maximum Gasteiger partial charge on any atom is 0.472 e. The van der Waals surface area contributed by atoms with Crippen LogP contribution in [0.15, 0.2) is 36.5 Å². The molecule has 0 aliphatic heterocycles. The molecule has 0 aromatic heterocycles. The molecule has 0 aromatic carbocycles. The molecule has 10 heteroatoms. The monoisotopic (exact) mass is 1120 g/mol. The molecule has 0 aliphatic rings. The summed E-state index contributed by atoms with van der Waals surface area (Å²) in [5.41, 5.74) is 0. The van der Waals surface area contributed by atoms with E-state index in [1.54, 1.807) is 0 Å². The molecule has 1 amide bonds. The Hall–Kier alpha value is -1.77. The second kappa shape index (κ2) is 58.4. The normalized spacial score (nSPS) is 13.8. The molecule has 0 rings (SSSR count). The van der Waals surface area contributed by atoms with Crippen molar-refractivity contribution in [1.82, 2.24) is 5.32 Å². The SMILES string of the molecule is CCCCCCCC/C=C/CCCCCCCCCCCCCCCC(=O)NC(COP(=O)(O)OCC[N+](C)(C)C)C(/C=C\CCCCCCCCCCCC)OC(=O)CCCCCCCCC/C=C/CCCCCCCC. The second-order valence-electron chi connectivity index (χ2n) is 24.3. The summed E-state index contributed by atoms with van der Waals surface area (Å²) in [5, 5.41) is 3.07. The molecule has 0 spiro atoms. The molecule has 9 nitrogen and oxygen atoms in total. The summed E-state index contributed by atoms with van der Waals surface area (Å²) >= 11 is 0. The van der Waals surface area contributed by atoms with E-state index >= 15 is 0 Å². The molecule has 0 aliphatic carbocycles. The van der Waals surface area contributed by atoms with Gasteiger partial charge in [0.05, 0.1) is 33.8 Å². The van der Waals surface area contributed by atoms with Crippen molar-refractivity contribution in [1.29, 1.82) is 0 Å². The van der Waals surface area contributed by atoms with Crippen LogP contribution in [0.2, 0.25) is 0 Å². The van der Waals surface area contributed by atoms with Gasteiger partial charge in [0.15, 0.2) is 0 Å². The number of carbonyl (C=O) groups is 2. The van der Waals surface area contributed by atoms with Crippen molar-refractivity contribution in [2.75, 3.05) is 40.9 Å². The number of hydrogen-bond acceptors (Lipinski definition) is 6. The molecule has 460 valence electrons. The summed E-state index contributed by atoms with van der Waals surface area (Å²) in [5.74, 6) is -0.495. The quantitative estimate of drug-likeness (QED) is 0.0205. The maximum absolute atomic E-state index is 13.6. The summed E-state index contributed by atoms with van der Waals surface area (Å²) in [6, 6.07) is -0.847. The largest absolute Gasteiger partial charge is 0.472 e. The highest BCUT2D eigenvalue weighted by molar-refractivity contribution is 7.47. The standard InChI is InChI=1S/C68H131N2O7P/c1-7-10-13-16-19-22-25-28-30-32-33-34-35-36-37-39-40-42-45-48-51-54-57-60-67(71)69-65(64-76-78(73,74)75-63-62-70(4,5)6)66(59-56-53-50-47-44-27-24-21-18-15-12-9-3)77-68(72)61-58-55-52-49-46-43-41-38-31-29-26-23-20-17-14-11-8-2/h28-31,56,59,65-66H,7-27,32-55,57-58,60-64H2,1-6H3,(H-,69,71,73,74)/p+1/b30-28+,31-29+,59-56-. The van der Waals surface area contributed by atoms with Gasteiger partial charge in [0.2, 0.25) is 5.91 Å². The first-order valence-corrected chi connectivity index (χ1v) is 35.3. The fraction of sp³-hybridized carbons (Fsp3) is 0.882. The lowest BCUT2D eigenvalue weighted by Gasteiger charge is -2.27. The Morgan fingerprint density at radius 1 is 0.436 bits per heavy atom. The lowest BCUT2D eigenvalue weighted by molar-refractivity contribution is -0.870. The van der Waals surface area contributed by atoms with Crippen molar-refractivity contribution in [2.24, 2.45) is 0 Å². The van der Waals surface area contributed by atoms with Crippen LogP contribution >= 0.6 is 7.82 Å². The fourth-order valence-corrected chi connectivity index (χ4v) is 10.8. The van der Waals surface area contributed by atoms with E-state index in [1.807, 2.05) is 33.3 Å². The number of hydrogen-bond donors (Lipinski definition) is 2. The number of amides is 1. The van der Waals surface area contributed by atoms with E-state index in [1.165, 1.54) is 244 Å². The fourth-order valence-electron chi connectivity index (χ4n) is 10.0. The smallest absolute Gasteiger partial charge is 0.456 e. The van der Waals surface area contributed by atoms with Crippen LogP contribution in [-0.4, -0.2) is 74.3 Å². The first kappa shape index (κ1) is 76.2. The summed E-state index contributed by atoms with van der Waals surface area (Å²) in [4.78, 5) is 37.8. The van der Waals surface area contributed by atoms with Crippen LogP contribution in [-0.2, 0) is 27.9 Å². The van der Waals surface area contributed by atoms with Gasteiger partial charge in [0.1, 0.15) is 19.3 Å². The second-order valence-corrected chi connectivity index (χ2v) is 25.8. The number of quaternary nitrogens is 1.